The van der Waals surface area contributed by atoms with Crippen LogP contribution in [0.4, 0.5) is 0 Å². The first-order chi connectivity index (χ1) is 6.84. The molecular weight excluding hydrogens is 212 g/mol. The van der Waals surface area contributed by atoms with Crippen LogP contribution in [0.25, 0.3) is 11.3 Å². The minimum absolute atomic E-state index is 0. The Morgan fingerprint density at radius 3 is 3.13 bits per heavy atom. The summed E-state index contributed by atoms with van der Waals surface area (Å²) in [7, 11) is 1.96. The third-order valence-electron chi connectivity index (χ3n) is 2.75. The lowest BCUT2D eigenvalue weighted by Crippen LogP contribution is -1.91. The first-order valence-corrected chi connectivity index (χ1v) is 4.90. The van der Waals surface area contributed by atoms with Crippen molar-refractivity contribution in [2.75, 3.05) is 0 Å². The summed E-state index contributed by atoms with van der Waals surface area (Å²) in [5, 5.41) is 11.6. The summed E-state index contributed by atoms with van der Waals surface area (Å²) in [5.41, 5.74) is 4.88. The van der Waals surface area contributed by atoms with Gasteiger partial charge in [0.25, 0.3) is 0 Å². The number of H-pyrrole nitrogens is 1. The quantitative estimate of drug-likeness (QED) is 0.741. The van der Waals surface area contributed by atoms with Crippen LogP contribution in [-0.4, -0.2) is 20.0 Å². The first kappa shape index (κ1) is 10.2. The van der Waals surface area contributed by atoms with Crippen molar-refractivity contribution in [1.82, 2.24) is 20.0 Å². The van der Waals surface area contributed by atoms with Gasteiger partial charge < -0.3 is 0 Å². The van der Waals surface area contributed by atoms with E-state index in [1.54, 1.807) is 0 Å². The highest BCUT2D eigenvalue weighted by Crippen LogP contribution is 2.29. The summed E-state index contributed by atoms with van der Waals surface area (Å²) in [5.74, 6) is 0. The Kier molecular flexibility index (Phi) is 2.52. The molecule has 1 aliphatic carbocycles. The molecule has 0 unspecified atom stereocenters. The second kappa shape index (κ2) is 3.70. The second-order valence-corrected chi connectivity index (χ2v) is 3.79. The van der Waals surface area contributed by atoms with Gasteiger partial charge in [-0.3, -0.25) is 9.78 Å². The zero-order chi connectivity index (χ0) is 9.54. The van der Waals surface area contributed by atoms with Crippen molar-refractivity contribution in [3.05, 3.63) is 23.7 Å². The van der Waals surface area contributed by atoms with Crippen LogP contribution in [0.1, 0.15) is 17.7 Å². The average Bonchev–Trinajstić information content (AvgIpc) is 2.70. The van der Waals surface area contributed by atoms with E-state index in [2.05, 4.69) is 21.5 Å². The predicted octanol–water partition coefficient (Wildman–Crippen LogP) is 1.72. The number of hydrogen-bond donors (Lipinski definition) is 1. The Morgan fingerprint density at radius 1 is 1.40 bits per heavy atom. The van der Waals surface area contributed by atoms with Crippen LogP contribution in [0.3, 0.4) is 0 Å². The molecule has 0 atom stereocenters. The summed E-state index contributed by atoms with van der Waals surface area (Å²) in [6.45, 7) is 0. The van der Waals surface area contributed by atoms with Crippen molar-refractivity contribution in [3.63, 3.8) is 0 Å². The Labute approximate surface area is 94.1 Å². The van der Waals surface area contributed by atoms with Crippen LogP contribution in [0, 0.1) is 0 Å². The molecule has 1 aliphatic rings. The zero-order valence-electron chi connectivity index (χ0n) is 8.53. The van der Waals surface area contributed by atoms with Gasteiger partial charge in [0.05, 0.1) is 17.6 Å². The number of nitrogens with one attached hydrogen (secondary N) is 1. The van der Waals surface area contributed by atoms with E-state index in [-0.39, 0.29) is 12.4 Å². The van der Waals surface area contributed by atoms with Crippen molar-refractivity contribution in [3.8, 4) is 11.3 Å². The highest BCUT2D eigenvalue weighted by Gasteiger charge is 2.18. The van der Waals surface area contributed by atoms with Gasteiger partial charge >= 0.3 is 0 Å². The van der Waals surface area contributed by atoms with Crippen LogP contribution in [0.15, 0.2) is 12.4 Å². The number of aryl methyl sites for hydroxylation is 3. The van der Waals surface area contributed by atoms with Gasteiger partial charge in [0, 0.05) is 18.8 Å². The molecule has 0 fully saturated rings. The predicted molar refractivity (Wildman–Crippen MR) is 60.1 cm³/mol. The largest absolute Gasteiger partial charge is 0.277 e. The lowest BCUT2D eigenvalue weighted by atomic mass is 10.1. The zero-order valence-corrected chi connectivity index (χ0v) is 9.34. The summed E-state index contributed by atoms with van der Waals surface area (Å²) < 4.78 is 1.88. The number of rotatable bonds is 0. The Morgan fingerprint density at radius 2 is 2.27 bits per heavy atom. The monoisotopic (exact) mass is 224 g/mol. The third-order valence-corrected chi connectivity index (χ3v) is 2.75. The van der Waals surface area contributed by atoms with E-state index in [9.17, 15) is 0 Å². The number of halogens is 1. The van der Waals surface area contributed by atoms with Gasteiger partial charge in [0.1, 0.15) is 0 Å². The topological polar surface area (TPSA) is 46.5 Å². The van der Waals surface area contributed by atoms with Gasteiger partial charge in [-0.2, -0.15) is 10.2 Å². The van der Waals surface area contributed by atoms with E-state index in [4.69, 9.17) is 0 Å². The number of aromatic nitrogens is 4. The van der Waals surface area contributed by atoms with Gasteiger partial charge in [-0.1, -0.05) is 0 Å². The molecule has 2 heterocycles. The molecule has 0 radical (unpaired) electrons. The summed E-state index contributed by atoms with van der Waals surface area (Å²) in [6.07, 6.45) is 7.33. The van der Waals surface area contributed by atoms with E-state index >= 15 is 0 Å². The van der Waals surface area contributed by atoms with Crippen molar-refractivity contribution in [1.29, 1.82) is 0 Å². The summed E-state index contributed by atoms with van der Waals surface area (Å²) in [6, 6.07) is 0. The molecule has 0 bridgehead atoms. The van der Waals surface area contributed by atoms with Crippen LogP contribution >= 0.6 is 12.4 Å². The lowest BCUT2D eigenvalue weighted by Gasteiger charge is -1.94. The van der Waals surface area contributed by atoms with Crippen LogP contribution in [-0.2, 0) is 19.9 Å². The third kappa shape index (κ3) is 1.55. The van der Waals surface area contributed by atoms with Crippen molar-refractivity contribution in [2.45, 2.75) is 19.3 Å². The number of fused-ring (bicyclic) bond motifs is 3. The lowest BCUT2D eigenvalue weighted by molar-refractivity contribution is 0.721. The van der Waals surface area contributed by atoms with Gasteiger partial charge in [0.15, 0.2) is 0 Å². The molecule has 2 aromatic rings. The van der Waals surface area contributed by atoms with Crippen molar-refractivity contribution in [2.24, 2.45) is 7.05 Å². The maximum absolute atomic E-state index is 4.46. The van der Waals surface area contributed by atoms with Crippen molar-refractivity contribution >= 4 is 12.4 Å². The molecule has 0 aliphatic heterocycles. The van der Waals surface area contributed by atoms with Crippen LogP contribution in [0.5, 0.6) is 0 Å². The Bertz CT molecular complexity index is 471. The van der Waals surface area contributed by atoms with E-state index in [1.807, 2.05) is 17.9 Å². The van der Waals surface area contributed by atoms with Crippen molar-refractivity contribution < 1.29 is 0 Å². The van der Waals surface area contributed by atoms with E-state index < -0.39 is 0 Å². The van der Waals surface area contributed by atoms with Gasteiger partial charge in [-0.25, -0.2) is 0 Å². The molecule has 15 heavy (non-hydrogen) atoms. The Balaban J connectivity index is 0.000000853. The molecule has 0 spiro atoms. The molecule has 0 aromatic carbocycles. The standard InChI is InChI=1S/C10H12N4.ClH/c1-14-6-8-9(13-14)4-2-3-7-5-11-12-10(7)8;/h5-6H,2-4H2,1H3,(H,11,12);1H. The van der Waals surface area contributed by atoms with E-state index in [0.717, 1.165) is 25.0 Å². The average molecular weight is 225 g/mol. The van der Waals surface area contributed by atoms with Crippen LogP contribution in [0.2, 0.25) is 0 Å². The first-order valence-electron chi connectivity index (χ1n) is 4.90. The molecule has 0 saturated heterocycles. The maximum Gasteiger partial charge on any atom is 0.0718 e. The number of nitrogens with zero attached hydrogens (tertiary/aromatic N) is 3. The fraction of sp³-hybridized carbons (Fsp3) is 0.400. The minimum Gasteiger partial charge on any atom is -0.277 e. The molecule has 5 heteroatoms. The van der Waals surface area contributed by atoms with Gasteiger partial charge in [0.2, 0.25) is 0 Å². The van der Waals surface area contributed by atoms with Gasteiger partial charge in [-0.05, 0) is 24.8 Å². The molecule has 0 saturated carbocycles. The number of hydrogen-bond acceptors (Lipinski definition) is 2. The second-order valence-electron chi connectivity index (χ2n) is 3.79. The molecule has 0 amide bonds. The highest BCUT2D eigenvalue weighted by molar-refractivity contribution is 5.85. The SMILES string of the molecule is Cl.Cn1cc2c(n1)CCCc1cn[nH]c1-2. The fourth-order valence-corrected chi connectivity index (χ4v) is 2.11. The molecule has 3 rings (SSSR count). The summed E-state index contributed by atoms with van der Waals surface area (Å²) >= 11 is 0. The van der Waals surface area contributed by atoms with Gasteiger partial charge in [-0.15, -0.1) is 12.4 Å². The summed E-state index contributed by atoms with van der Waals surface area (Å²) in [4.78, 5) is 0. The molecule has 2 aromatic heterocycles. The number of aromatic amines is 1. The van der Waals surface area contributed by atoms with Crippen LogP contribution < -0.4 is 0 Å². The normalized spacial score (nSPS) is 13.7. The van der Waals surface area contributed by atoms with E-state index in [1.165, 1.54) is 16.8 Å². The highest BCUT2D eigenvalue weighted by atomic mass is 35.5. The molecular formula is C10H13ClN4. The smallest absolute Gasteiger partial charge is 0.0718 e. The maximum atomic E-state index is 4.46. The van der Waals surface area contributed by atoms with E-state index in [0.29, 0.717) is 0 Å². The molecule has 1 N–H and O–H groups in total. The Hall–Kier alpha value is -1.29. The molecule has 80 valence electrons. The minimum atomic E-state index is 0. The fourth-order valence-electron chi connectivity index (χ4n) is 2.11. The molecule has 4 nitrogen and oxygen atoms in total.